The van der Waals surface area contributed by atoms with Gasteiger partial charge >= 0.3 is 0 Å². The molecule has 0 saturated heterocycles. The number of fused-ring (bicyclic) bond motifs is 1. The number of nitrogens with one attached hydrogen (secondary N) is 2. The van der Waals surface area contributed by atoms with Gasteiger partial charge in [0.1, 0.15) is 0 Å². The highest BCUT2D eigenvalue weighted by Crippen LogP contribution is 2.22. The van der Waals surface area contributed by atoms with Crippen LogP contribution >= 0.6 is 23.6 Å². The topological polar surface area (TPSA) is 48.6 Å². The van der Waals surface area contributed by atoms with Gasteiger partial charge in [0.2, 0.25) is 0 Å². The summed E-state index contributed by atoms with van der Waals surface area (Å²) in [4.78, 5) is 17.7. The molecule has 3 nitrogen and oxygen atoms in total. The van der Waals surface area contributed by atoms with Crippen LogP contribution < -0.4 is 0 Å². The van der Waals surface area contributed by atoms with Crippen LogP contribution in [0.25, 0.3) is 11.0 Å². The van der Waals surface area contributed by atoms with Gasteiger partial charge in [-0.15, -0.1) is 11.3 Å². The summed E-state index contributed by atoms with van der Waals surface area (Å²) in [6.07, 6.45) is 0. The third-order valence-corrected chi connectivity index (χ3v) is 2.88. The lowest BCUT2D eigenvalue weighted by Gasteiger charge is -1.84. The van der Waals surface area contributed by atoms with Crippen molar-refractivity contribution < 1.29 is 4.79 Å². The Morgan fingerprint density at radius 2 is 2.33 bits per heavy atom. The van der Waals surface area contributed by atoms with E-state index >= 15 is 0 Å². The first-order valence-corrected chi connectivity index (χ1v) is 4.67. The van der Waals surface area contributed by atoms with Crippen LogP contribution in [0, 0.1) is 4.77 Å². The number of imidazole rings is 1. The molecule has 2 heterocycles. The fraction of sp³-hybridized carbons (Fsp3) is 0.143. The molecule has 62 valence electrons. The summed E-state index contributed by atoms with van der Waals surface area (Å²) >= 11 is 6.32. The fourth-order valence-electron chi connectivity index (χ4n) is 1.10. The highest BCUT2D eigenvalue weighted by molar-refractivity contribution is 7.71. The van der Waals surface area contributed by atoms with Gasteiger partial charge in [-0.25, -0.2) is 0 Å². The largest absolute Gasteiger partial charge is 0.330 e. The Morgan fingerprint density at radius 3 is 3.00 bits per heavy atom. The lowest BCUT2D eigenvalue weighted by Crippen LogP contribution is -1.86. The van der Waals surface area contributed by atoms with E-state index < -0.39 is 0 Å². The molecule has 0 unspecified atom stereocenters. The summed E-state index contributed by atoms with van der Waals surface area (Å²) < 4.78 is 0.565. The van der Waals surface area contributed by atoms with Gasteiger partial charge < -0.3 is 9.97 Å². The molecular weight excluding hydrogens is 192 g/mol. The van der Waals surface area contributed by atoms with Crippen molar-refractivity contribution in [2.24, 2.45) is 0 Å². The Labute approximate surface area is 77.4 Å². The van der Waals surface area contributed by atoms with Gasteiger partial charge in [-0.05, 0) is 12.2 Å². The van der Waals surface area contributed by atoms with Crippen LogP contribution in [0.5, 0.6) is 0 Å². The summed E-state index contributed by atoms with van der Waals surface area (Å²) in [7, 11) is 0. The van der Waals surface area contributed by atoms with E-state index in [9.17, 15) is 4.79 Å². The van der Waals surface area contributed by atoms with E-state index in [1.807, 2.05) is 5.38 Å². The second-order valence-corrected chi connectivity index (χ2v) is 3.78. The van der Waals surface area contributed by atoms with Gasteiger partial charge in [0.25, 0.3) is 0 Å². The first kappa shape index (κ1) is 7.70. The molecule has 0 bridgehead atoms. The lowest BCUT2D eigenvalue weighted by atomic mass is 10.3. The number of aromatic amines is 2. The summed E-state index contributed by atoms with van der Waals surface area (Å²) in [5.74, 6) is 0.0697. The van der Waals surface area contributed by atoms with E-state index in [-0.39, 0.29) is 5.78 Å². The number of thiophene rings is 1. The third kappa shape index (κ3) is 1.02. The van der Waals surface area contributed by atoms with E-state index in [2.05, 4.69) is 9.97 Å². The van der Waals surface area contributed by atoms with Gasteiger partial charge in [0.15, 0.2) is 10.6 Å². The third-order valence-electron chi connectivity index (χ3n) is 1.60. The zero-order chi connectivity index (χ0) is 8.72. The Hall–Kier alpha value is -0.940. The molecule has 5 heteroatoms. The molecule has 0 spiro atoms. The maximum atomic E-state index is 11.1. The van der Waals surface area contributed by atoms with Gasteiger partial charge in [-0.1, -0.05) is 0 Å². The minimum Gasteiger partial charge on any atom is -0.330 e. The molecule has 0 saturated carbocycles. The molecule has 2 aromatic rings. The van der Waals surface area contributed by atoms with Crippen LogP contribution in [0.2, 0.25) is 0 Å². The standard InChI is InChI=1S/C7H6N2OS2/c1-3(10)6-5-4(2-12-6)8-7(11)9-5/h2H,1H3,(H2,8,9,11). The molecule has 0 fully saturated rings. The van der Waals surface area contributed by atoms with Gasteiger partial charge in [0, 0.05) is 12.3 Å². The monoisotopic (exact) mass is 198 g/mol. The molecule has 0 atom stereocenters. The number of carbonyl (C=O) groups excluding carboxylic acids is 1. The molecule has 0 amide bonds. The predicted octanol–water partition coefficient (Wildman–Crippen LogP) is 2.49. The van der Waals surface area contributed by atoms with E-state index in [0.29, 0.717) is 4.77 Å². The molecule has 2 N–H and O–H groups in total. The number of Topliss-reactive ketones (excluding diaryl/α,β-unsaturated/α-hetero) is 1. The van der Waals surface area contributed by atoms with Crippen molar-refractivity contribution in [3.8, 4) is 0 Å². The molecule has 0 aliphatic rings. The maximum absolute atomic E-state index is 11.1. The first-order valence-electron chi connectivity index (χ1n) is 3.39. The van der Waals surface area contributed by atoms with Crippen molar-refractivity contribution in [1.82, 2.24) is 9.97 Å². The normalized spacial score (nSPS) is 10.8. The summed E-state index contributed by atoms with van der Waals surface area (Å²) in [6, 6.07) is 0. The average Bonchev–Trinajstić information content (AvgIpc) is 2.43. The van der Waals surface area contributed by atoms with Crippen LogP contribution in [0.4, 0.5) is 0 Å². The fourth-order valence-corrected chi connectivity index (χ4v) is 2.17. The SMILES string of the molecule is CC(=O)c1scc2[nH]c(=S)[nH]c12. The van der Waals surface area contributed by atoms with E-state index in [4.69, 9.17) is 12.2 Å². The zero-order valence-electron chi connectivity index (χ0n) is 6.30. The number of ketones is 1. The van der Waals surface area contributed by atoms with Crippen molar-refractivity contribution in [2.75, 3.05) is 0 Å². The van der Waals surface area contributed by atoms with Gasteiger partial charge in [-0.3, -0.25) is 4.79 Å². The maximum Gasteiger partial charge on any atom is 0.175 e. The number of rotatable bonds is 1. The molecular formula is C7H6N2OS2. The van der Waals surface area contributed by atoms with Crippen LogP contribution in [-0.4, -0.2) is 15.8 Å². The smallest absolute Gasteiger partial charge is 0.175 e. The number of H-pyrrole nitrogens is 2. The predicted molar refractivity (Wildman–Crippen MR) is 51.4 cm³/mol. The summed E-state index contributed by atoms with van der Waals surface area (Å²) in [5.41, 5.74) is 1.74. The van der Waals surface area contributed by atoms with Crippen LogP contribution in [-0.2, 0) is 0 Å². The molecule has 0 radical (unpaired) electrons. The van der Waals surface area contributed by atoms with Crippen LogP contribution in [0.15, 0.2) is 5.38 Å². The zero-order valence-corrected chi connectivity index (χ0v) is 7.94. The lowest BCUT2D eigenvalue weighted by molar-refractivity contribution is 0.102. The van der Waals surface area contributed by atoms with E-state index in [1.54, 1.807) is 6.92 Å². The minimum atomic E-state index is 0.0697. The number of hydrogen-bond acceptors (Lipinski definition) is 3. The van der Waals surface area contributed by atoms with Crippen LogP contribution in [0.1, 0.15) is 16.6 Å². The summed E-state index contributed by atoms with van der Waals surface area (Å²) in [6.45, 7) is 1.55. The van der Waals surface area contributed by atoms with Gasteiger partial charge in [0.05, 0.1) is 15.9 Å². The number of hydrogen-bond donors (Lipinski definition) is 2. The first-order chi connectivity index (χ1) is 5.68. The summed E-state index contributed by atoms with van der Waals surface area (Å²) in [5, 5.41) is 1.89. The number of aromatic nitrogens is 2. The highest BCUT2D eigenvalue weighted by Gasteiger charge is 2.09. The Kier molecular flexibility index (Phi) is 1.62. The minimum absolute atomic E-state index is 0.0697. The highest BCUT2D eigenvalue weighted by atomic mass is 32.1. The van der Waals surface area contributed by atoms with E-state index in [1.165, 1.54) is 11.3 Å². The second-order valence-electron chi connectivity index (χ2n) is 2.49. The molecule has 2 aromatic heterocycles. The molecule has 12 heavy (non-hydrogen) atoms. The Balaban J connectivity index is 2.85. The van der Waals surface area contributed by atoms with Crippen molar-refractivity contribution in [1.29, 1.82) is 0 Å². The average molecular weight is 198 g/mol. The molecule has 2 rings (SSSR count). The van der Waals surface area contributed by atoms with Gasteiger partial charge in [-0.2, -0.15) is 0 Å². The van der Waals surface area contributed by atoms with Crippen molar-refractivity contribution in [3.05, 3.63) is 15.0 Å². The van der Waals surface area contributed by atoms with Crippen molar-refractivity contribution in [2.45, 2.75) is 6.92 Å². The Morgan fingerprint density at radius 1 is 1.58 bits per heavy atom. The molecule has 0 aliphatic carbocycles. The van der Waals surface area contributed by atoms with Crippen molar-refractivity contribution in [3.63, 3.8) is 0 Å². The molecule has 0 aromatic carbocycles. The molecule has 0 aliphatic heterocycles. The Bertz CT molecular complexity index is 491. The quantitative estimate of drug-likeness (QED) is 0.546. The van der Waals surface area contributed by atoms with Crippen molar-refractivity contribution >= 4 is 40.4 Å². The second kappa shape index (κ2) is 2.53. The number of carbonyl (C=O) groups is 1. The van der Waals surface area contributed by atoms with E-state index in [0.717, 1.165) is 15.9 Å². The van der Waals surface area contributed by atoms with Crippen LogP contribution in [0.3, 0.4) is 0 Å².